The zero-order valence-electron chi connectivity index (χ0n) is 22.9. The number of aliphatic hydroxyl groups is 5. The molecule has 13 atom stereocenters. The van der Waals surface area contributed by atoms with Crippen LogP contribution in [-0.2, 0) is 23.8 Å². The van der Waals surface area contributed by atoms with Gasteiger partial charge in [-0.3, -0.25) is 4.79 Å². The monoisotopic (exact) mass is 566 g/mol. The first kappa shape index (κ1) is 28.5. The molecule has 11 heteroatoms. The van der Waals surface area contributed by atoms with Gasteiger partial charge in [0.15, 0.2) is 6.29 Å². The number of ether oxygens (including phenoxy) is 3. The highest BCUT2D eigenvalue weighted by Crippen LogP contribution is 2.70. The minimum atomic E-state index is -1.54. The van der Waals surface area contributed by atoms with E-state index < -0.39 is 65.8 Å². The average molecular weight is 567 g/mol. The van der Waals surface area contributed by atoms with E-state index in [1.54, 1.807) is 6.08 Å². The second-order valence-electron chi connectivity index (χ2n) is 13.4. The lowest BCUT2D eigenvalue weighted by Gasteiger charge is -2.63. The molecule has 5 fully saturated rings. The van der Waals surface area contributed by atoms with Crippen LogP contribution in [0.1, 0.15) is 64.7 Å². The topological polar surface area (TPSA) is 183 Å². The zero-order chi connectivity index (χ0) is 28.6. The molecule has 0 bridgehead atoms. The fourth-order valence-corrected chi connectivity index (χ4v) is 9.93. The highest BCUT2D eigenvalue weighted by Gasteiger charge is 2.70. The fraction of sp³-hybridized carbons (Fsp3) is 0.862. The van der Waals surface area contributed by atoms with Gasteiger partial charge in [-0.2, -0.15) is 0 Å². The molecule has 4 aliphatic carbocycles. The Morgan fingerprint density at radius 1 is 1.02 bits per heavy atom. The van der Waals surface area contributed by atoms with Crippen molar-refractivity contribution < 1.29 is 54.4 Å². The number of aliphatic hydroxyl groups excluding tert-OH is 4. The second-order valence-corrected chi connectivity index (χ2v) is 13.4. The summed E-state index contributed by atoms with van der Waals surface area (Å²) in [5, 5.41) is 63.3. The lowest BCUT2D eigenvalue weighted by atomic mass is 9.42. The SMILES string of the molecule is CC12CCC3C(CCC4CC(OC5OC(CO)C(O)C(O)C5O)CCC43C(=O)O)C1(O)CCC2C1=CC(=O)OC1. The molecule has 1 saturated heterocycles. The second kappa shape index (κ2) is 10.00. The molecule has 0 aromatic heterocycles. The summed E-state index contributed by atoms with van der Waals surface area (Å²) in [6.45, 7) is 1.82. The number of hydrogen-bond donors (Lipinski definition) is 6. The molecule has 0 aromatic carbocycles. The van der Waals surface area contributed by atoms with Crippen LogP contribution in [0, 0.1) is 34.5 Å². The van der Waals surface area contributed by atoms with Gasteiger partial charge in [0.05, 0.1) is 23.7 Å². The maximum atomic E-state index is 13.1. The predicted octanol–water partition coefficient (Wildman–Crippen LogP) is 0.493. The van der Waals surface area contributed by atoms with E-state index in [1.807, 2.05) is 0 Å². The van der Waals surface area contributed by atoms with Crippen LogP contribution in [0.5, 0.6) is 0 Å². The molecule has 224 valence electrons. The summed E-state index contributed by atoms with van der Waals surface area (Å²) >= 11 is 0. The van der Waals surface area contributed by atoms with Gasteiger partial charge in [0.25, 0.3) is 0 Å². The minimum Gasteiger partial charge on any atom is -0.481 e. The summed E-state index contributed by atoms with van der Waals surface area (Å²) in [6, 6.07) is 0. The van der Waals surface area contributed by atoms with Crippen LogP contribution >= 0.6 is 0 Å². The van der Waals surface area contributed by atoms with Crippen LogP contribution < -0.4 is 0 Å². The molecular weight excluding hydrogens is 524 g/mol. The van der Waals surface area contributed by atoms with Gasteiger partial charge in [-0.25, -0.2) is 4.79 Å². The molecule has 0 spiro atoms. The Balaban J connectivity index is 1.21. The molecule has 0 aromatic rings. The summed E-state index contributed by atoms with van der Waals surface area (Å²) in [5.74, 6) is -1.68. The Labute approximate surface area is 233 Å². The van der Waals surface area contributed by atoms with E-state index in [1.165, 1.54) is 0 Å². The highest BCUT2D eigenvalue weighted by molar-refractivity contribution is 5.85. The third kappa shape index (κ3) is 3.95. The smallest absolute Gasteiger partial charge is 0.331 e. The Hall–Kier alpha value is -1.60. The maximum Gasteiger partial charge on any atom is 0.331 e. The van der Waals surface area contributed by atoms with Gasteiger partial charge in [-0.05, 0) is 87.0 Å². The van der Waals surface area contributed by atoms with Gasteiger partial charge in [-0.15, -0.1) is 0 Å². The number of carbonyl (C=O) groups excluding carboxylic acids is 1. The number of hydrogen-bond acceptors (Lipinski definition) is 10. The summed E-state index contributed by atoms with van der Waals surface area (Å²) < 4.78 is 16.8. The van der Waals surface area contributed by atoms with Crippen molar-refractivity contribution >= 4 is 11.9 Å². The number of fused-ring (bicyclic) bond motifs is 5. The number of carboxylic acid groups (broad SMARTS) is 1. The van der Waals surface area contributed by atoms with Crippen molar-refractivity contribution in [3.63, 3.8) is 0 Å². The lowest BCUT2D eigenvalue weighted by Crippen LogP contribution is -2.65. The largest absolute Gasteiger partial charge is 0.481 e. The van der Waals surface area contributed by atoms with E-state index in [0.717, 1.165) is 12.0 Å². The van der Waals surface area contributed by atoms with Crippen LogP contribution in [0.25, 0.3) is 0 Å². The van der Waals surface area contributed by atoms with Crippen LogP contribution in [0.2, 0.25) is 0 Å². The zero-order valence-corrected chi connectivity index (χ0v) is 22.9. The van der Waals surface area contributed by atoms with Crippen molar-refractivity contribution in [2.75, 3.05) is 13.2 Å². The lowest BCUT2D eigenvalue weighted by molar-refractivity contribution is -0.317. The Kier molecular flexibility index (Phi) is 7.13. The van der Waals surface area contributed by atoms with E-state index in [4.69, 9.17) is 14.2 Å². The van der Waals surface area contributed by atoms with E-state index >= 15 is 0 Å². The first-order chi connectivity index (χ1) is 19.0. The van der Waals surface area contributed by atoms with Crippen molar-refractivity contribution in [3.05, 3.63) is 11.6 Å². The van der Waals surface area contributed by atoms with Gasteiger partial charge in [0.2, 0.25) is 0 Å². The summed E-state index contributed by atoms with van der Waals surface area (Å²) in [5.41, 5.74) is -1.54. The predicted molar refractivity (Wildman–Crippen MR) is 136 cm³/mol. The number of carboxylic acids is 1. The van der Waals surface area contributed by atoms with Crippen LogP contribution in [0.3, 0.4) is 0 Å². The van der Waals surface area contributed by atoms with E-state index in [2.05, 4.69) is 6.92 Å². The first-order valence-electron chi connectivity index (χ1n) is 14.7. The molecule has 0 amide bonds. The van der Waals surface area contributed by atoms with Gasteiger partial charge >= 0.3 is 11.9 Å². The van der Waals surface area contributed by atoms with Crippen LogP contribution in [-0.4, -0.2) is 98.2 Å². The Morgan fingerprint density at radius 3 is 2.48 bits per heavy atom. The third-order valence-corrected chi connectivity index (χ3v) is 12.0. The maximum absolute atomic E-state index is 13.1. The van der Waals surface area contributed by atoms with Gasteiger partial charge in [0, 0.05) is 11.5 Å². The van der Waals surface area contributed by atoms with E-state index in [-0.39, 0.29) is 36.2 Å². The standard InChI is InChI=1S/C29H42O11/c1-27-7-5-18-19(29(27,37)9-6-17(27)14-10-21(31)38-13-14)3-2-15-11-16(4-8-28(15,18)26(35)36)39-25-24(34)23(33)22(32)20(12-30)40-25/h10,15-20,22-25,30,32-34,37H,2-9,11-13H2,1H3,(H,35,36). The van der Waals surface area contributed by atoms with Gasteiger partial charge in [-0.1, -0.05) is 6.92 Å². The number of esters is 1. The van der Waals surface area contributed by atoms with E-state index in [0.29, 0.717) is 51.4 Å². The Bertz CT molecular complexity index is 1060. The molecule has 2 aliphatic heterocycles. The van der Waals surface area contributed by atoms with Crippen molar-refractivity contribution in [1.82, 2.24) is 0 Å². The molecule has 2 heterocycles. The number of cyclic esters (lactones) is 1. The number of aliphatic carboxylic acids is 1. The average Bonchev–Trinajstić information content (AvgIpc) is 3.48. The van der Waals surface area contributed by atoms with Crippen LogP contribution in [0.15, 0.2) is 11.6 Å². The van der Waals surface area contributed by atoms with Crippen molar-refractivity contribution in [2.24, 2.45) is 34.5 Å². The molecule has 4 saturated carbocycles. The fourth-order valence-electron chi connectivity index (χ4n) is 9.93. The van der Waals surface area contributed by atoms with E-state index in [9.17, 15) is 40.2 Å². The quantitative estimate of drug-likeness (QED) is 0.201. The molecule has 13 unspecified atom stereocenters. The molecule has 6 rings (SSSR count). The van der Waals surface area contributed by atoms with Crippen LogP contribution in [0.4, 0.5) is 0 Å². The highest BCUT2D eigenvalue weighted by atomic mass is 16.7. The van der Waals surface area contributed by atoms with Crippen molar-refractivity contribution in [2.45, 2.75) is 107 Å². The molecule has 0 radical (unpaired) electrons. The molecule has 6 N–H and O–H groups in total. The van der Waals surface area contributed by atoms with Crippen molar-refractivity contribution in [1.29, 1.82) is 0 Å². The molecule has 40 heavy (non-hydrogen) atoms. The normalized spacial score (nSPS) is 52.2. The van der Waals surface area contributed by atoms with Gasteiger partial charge < -0.3 is 44.8 Å². The summed E-state index contributed by atoms with van der Waals surface area (Å²) in [6.07, 6.45) is -0.480. The number of carbonyl (C=O) groups is 2. The van der Waals surface area contributed by atoms with Crippen molar-refractivity contribution in [3.8, 4) is 0 Å². The Morgan fingerprint density at radius 2 is 1.80 bits per heavy atom. The number of rotatable bonds is 5. The first-order valence-corrected chi connectivity index (χ1v) is 14.7. The molecule has 6 aliphatic rings. The van der Waals surface area contributed by atoms with Gasteiger partial charge in [0.1, 0.15) is 31.0 Å². The third-order valence-electron chi connectivity index (χ3n) is 12.0. The summed E-state index contributed by atoms with van der Waals surface area (Å²) in [4.78, 5) is 24.9. The molecule has 11 nitrogen and oxygen atoms in total. The minimum absolute atomic E-state index is 0.0334. The molecular formula is C29H42O11. The summed E-state index contributed by atoms with van der Waals surface area (Å²) in [7, 11) is 0.